The number of rotatable bonds is 10. The summed E-state index contributed by atoms with van der Waals surface area (Å²) in [7, 11) is -6.12. The van der Waals surface area contributed by atoms with E-state index in [1.807, 2.05) is 121 Å². The van der Waals surface area contributed by atoms with Gasteiger partial charge in [0.15, 0.2) is 22.8 Å². The van der Waals surface area contributed by atoms with Crippen molar-refractivity contribution < 1.29 is 19.2 Å². The van der Waals surface area contributed by atoms with Gasteiger partial charge in [-0.3, -0.25) is 19.2 Å². The van der Waals surface area contributed by atoms with Gasteiger partial charge in [-0.1, -0.05) is 131 Å². The first-order chi connectivity index (χ1) is 28.9. The van der Waals surface area contributed by atoms with E-state index in [4.69, 9.17) is 20.4 Å². The van der Waals surface area contributed by atoms with E-state index in [9.17, 15) is 19.2 Å². The molecule has 284 valence electrons. The van der Waals surface area contributed by atoms with E-state index in [-0.39, 0.29) is 68.2 Å². The second-order valence-corrected chi connectivity index (χ2v) is 20.9. The number of benzene rings is 6. The molecule has 0 radical (unpaired) electrons. The van der Waals surface area contributed by atoms with Crippen molar-refractivity contribution >= 4 is 59.2 Å². The van der Waals surface area contributed by atoms with Crippen LogP contribution in [0, 0.1) is 0 Å². The number of ketones is 4. The molecular formula is C45H32N8O4P2+2. The molecule has 14 heteroatoms. The van der Waals surface area contributed by atoms with E-state index in [1.54, 1.807) is 48.5 Å². The molecule has 0 unspecified atom stereocenters. The summed E-state index contributed by atoms with van der Waals surface area (Å²) in [6, 6.07) is 53.3. The molecule has 0 fully saturated rings. The summed E-state index contributed by atoms with van der Waals surface area (Å²) in [4.78, 5) is 57.8. The van der Waals surface area contributed by atoms with Crippen LogP contribution in [0.4, 0.5) is 0 Å². The minimum Gasteiger partial charge on any atom is -0.287 e. The predicted octanol–water partition coefficient (Wildman–Crippen LogP) is 5.33. The summed E-state index contributed by atoms with van der Waals surface area (Å²) in [6.45, 7) is 0. The van der Waals surface area contributed by atoms with Crippen LogP contribution in [-0.2, 0) is 0 Å². The second-order valence-electron chi connectivity index (χ2n) is 14.1. The molecular weight excluding hydrogens is 778 g/mol. The Balaban J connectivity index is 1.20. The number of fused-ring (bicyclic) bond motifs is 4. The number of aromatic nitrogens is 6. The lowest BCUT2D eigenvalue weighted by molar-refractivity contribution is 0.0974. The minimum absolute atomic E-state index is 0.0348. The molecule has 0 spiro atoms. The van der Waals surface area contributed by atoms with Crippen LogP contribution >= 0.6 is 14.8 Å². The maximum absolute atomic E-state index is 13.8. The maximum Gasteiger partial charge on any atom is 0.228 e. The highest BCUT2D eigenvalue weighted by molar-refractivity contribution is 8.05. The van der Waals surface area contributed by atoms with Crippen LogP contribution in [0.25, 0.3) is 0 Å². The Hall–Kier alpha value is -7.26. The van der Waals surface area contributed by atoms with Gasteiger partial charge in [0.1, 0.15) is 21.2 Å². The first kappa shape index (κ1) is 36.1. The summed E-state index contributed by atoms with van der Waals surface area (Å²) >= 11 is 0. The summed E-state index contributed by atoms with van der Waals surface area (Å²) in [5.41, 5.74) is 0.975. The van der Waals surface area contributed by atoms with Crippen LogP contribution in [-0.4, -0.2) is 59.2 Å². The molecule has 0 aliphatic heterocycles. The van der Waals surface area contributed by atoms with E-state index >= 15 is 0 Å². The number of carbonyl (C=O) groups excluding carboxylic acids is 4. The third kappa shape index (κ3) is 5.92. The van der Waals surface area contributed by atoms with Crippen LogP contribution in [0.2, 0.25) is 0 Å². The van der Waals surface area contributed by atoms with Gasteiger partial charge in [-0.15, -0.1) is 20.4 Å². The fraction of sp³-hybridized carbons (Fsp3) is 0.0222. The molecule has 2 N–H and O–H groups in total. The number of nitrogens with zero attached hydrogens (tertiary/aromatic N) is 6. The van der Waals surface area contributed by atoms with Crippen LogP contribution < -0.4 is 31.6 Å². The highest BCUT2D eigenvalue weighted by atomic mass is 31.2. The van der Waals surface area contributed by atoms with Gasteiger partial charge >= 0.3 is 0 Å². The molecule has 6 aromatic carbocycles. The molecule has 2 aliphatic rings. The van der Waals surface area contributed by atoms with Gasteiger partial charge < -0.3 is 0 Å². The Morgan fingerprint density at radius 1 is 0.339 bits per heavy atom. The second kappa shape index (κ2) is 14.3. The van der Waals surface area contributed by atoms with Gasteiger partial charge in [0, 0.05) is 22.3 Å². The Labute approximate surface area is 338 Å². The lowest BCUT2D eigenvalue weighted by Gasteiger charge is -2.33. The van der Waals surface area contributed by atoms with E-state index in [0.29, 0.717) is 5.90 Å². The average molecular weight is 811 g/mol. The fourth-order valence-corrected chi connectivity index (χ4v) is 18.1. The van der Waals surface area contributed by atoms with Crippen molar-refractivity contribution in [2.45, 2.75) is 0 Å². The fourth-order valence-electron chi connectivity index (χ4n) is 7.86. The van der Waals surface area contributed by atoms with Crippen molar-refractivity contribution in [1.29, 1.82) is 0 Å². The first-order valence-corrected chi connectivity index (χ1v) is 22.7. The first-order valence-electron chi connectivity index (χ1n) is 18.7. The van der Waals surface area contributed by atoms with E-state index < -0.39 is 14.8 Å². The molecule has 2 aliphatic carbocycles. The molecule has 12 nitrogen and oxygen atoms in total. The Morgan fingerprint density at radius 2 is 0.559 bits per heavy atom. The Kier molecular flexibility index (Phi) is 8.74. The lowest BCUT2D eigenvalue weighted by atomic mass is 9.90. The number of carbonyl (C=O) groups is 4. The quantitative estimate of drug-likeness (QED) is 0.173. The molecule has 2 heterocycles. The maximum atomic E-state index is 13.8. The molecule has 8 aromatic rings. The molecule has 0 saturated carbocycles. The molecule has 0 atom stereocenters. The van der Waals surface area contributed by atoms with Gasteiger partial charge in [-0.25, -0.2) is 0 Å². The van der Waals surface area contributed by atoms with Crippen LogP contribution in [0.5, 0.6) is 0 Å². The van der Waals surface area contributed by atoms with Crippen molar-refractivity contribution in [2.24, 2.45) is 0 Å². The molecule has 59 heavy (non-hydrogen) atoms. The SMILES string of the molecule is O=C1c2ccccc2C(=O)c2nn(N[P+](C[P+](Nn3nc4c(n3)C(=O)c3ccccc3C4=O)(c3ccccc3)c3ccccc3)(c3ccccc3)c3ccccc3)nc21. The van der Waals surface area contributed by atoms with Crippen molar-refractivity contribution in [3.63, 3.8) is 0 Å². The van der Waals surface area contributed by atoms with Crippen molar-refractivity contribution in [3.05, 3.63) is 215 Å². The van der Waals surface area contributed by atoms with Crippen LogP contribution in [0.1, 0.15) is 64.2 Å². The van der Waals surface area contributed by atoms with Crippen molar-refractivity contribution in [3.8, 4) is 0 Å². The summed E-state index contributed by atoms with van der Waals surface area (Å²) in [6.07, 6.45) is 0. The van der Waals surface area contributed by atoms with E-state index in [0.717, 1.165) is 21.2 Å². The van der Waals surface area contributed by atoms with Gasteiger partial charge in [0.05, 0.1) is 0 Å². The molecule has 0 bridgehead atoms. The van der Waals surface area contributed by atoms with Gasteiger partial charge in [-0.05, 0) is 48.5 Å². The molecule has 0 saturated heterocycles. The van der Waals surface area contributed by atoms with Gasteiger partial charge in [0.25, 0.3) is 0 Å². The topological polar surface area (TPSA) is 154 Å². The number of hydrogen-bond donors (Lipinski definition) is 2. The molecule has 0 amide bonds. The zero-order valence-corrected chi connectivity index (χ0v) is 32.9. The van der Waals surface area contributed by atoms with Crippen molar-refractivity contribution in [1.82, 2.24) is 30.2 Å². The number of nitrogens with one attached hydrogen (secondary N) is 2. The van der Waals surface area contributed by atoms with Crippen LogP contribution in [0.3, 0.4) is 0 Å². The van der Waals surface area contributed by atoms with Gasteiger partial charge in [-0.2, -0.15) is 10.4 Å². The summed E-state index contributed by atoms with van der Waals surface area (Å²) in [5, 5.41) is 30.0. The summed E-state index contributed by atoms with van der Waals surface area (Å²) in [5.74, 6) is -1.19. The molecule has 2 aromatic heterocycles. The Morgan fingerprint density at radius 3 is 0.797 bits per heavy atom. The highest BCUT2D eigenvalue weighted by Gasteiger charge is 2.60. The zero-order valence-electron chi connectivity index (χ0n) is 31.1. The van der Waals surface area contributed by atoms with Crippen molar-refractivity contribution in [2.75, 3.05) is 16.3 Å². The summed E-state index contributed by atoms with van der Waals surface area (Å²) < 4.78 is 0. The number of hydrogen-bond acceptors (Lipinski definition) is 10. The standard InChI is InChI=1S/C45H32N8O4P2/c54-42-34-25-13-14-26-35(34)43(55)39-38(42)46-52(47-39)50-58(30-17-5-1-6-18-30,31-19-7-2-8-20-31)29-59(32-21-9-3-10-22-32,33-23-11-4-12-24-33)51-53-48-40-41(49-53)45(57)37-28-16-15-27-36(37)44(40)56/h1-28,50-51H,29H2/q+2. The normalized spacial score (nSPS) is 13.3. The Bertz CT molecular complexity index is 2570. The largest absolute Gasteiger partial charge is 0.287 e. The van der Waals surface area contributed by atoms with E-state index in [1.165, 1.54) is 9.81 Å². The van der Waals surface area contributed by atoms with Gasteiger partial charge in [0.2, 0.25) is 43.9 Å². The van der Waals surface area contributed by atoms with Crippen LogP contribution in [0.15, 0.2) is 170 Å². The minimum atomic E-state index is -3.06. The third-order valence-corrected chi connectivity index (χ3v) is 19.8. The zero-order chi connectivity index (χ0) is 40.1. The lowest BCUT2D eigenvalue weighted by Crippen LogP contribution is -2.43. The smallest absolute Gasteiger partial charge is 0.228 e. The third-order valence-electron chi connectivity index (χ3n) is 10.7. The molecule has 10 rings (SSSR count). The highest BCUT2D eigenvalue weighted by Crippen LogP contribution is 2.69. The predicted molar refractivity (Wildman–Crippen MR) is 228 cm³/mol. The average Bonchev–Trinajstić information content (AvgIpc) is 3.93. The monoisotopic (exact) mass is 810 g/mol. The van der Waals surface area contributed by atoms with E-state index in [2.05, 4.69) is 10.4 Å².